The van der Waals surface area contributed by atoms with Crippen LogP contribution in [0, 0.1) is 6.92 Å². The van der Waals surface area contributed by atoms with Crippen molar-refractivity contribution in [2.75, 3.05) is 7.11 Å². The molecule has 0 saturated carbocycles. The predicted molar refractivity (Wildman–Crippen MR) is 52.7 cm³/mol. The van der Waals surface area contributed by atoms with E-state index in [0.29, 0.717) is 16.3 Å². The topological polar surface area (TPSA) is 26.3 Å². The van der Waals surface area contributed by atoms with E-state index in [1.807, 2.05) is 6.92 Å². The summed E-state index contributed by atoms with van der Waals surface area (Å²) in [4.78, 5) is 11.1. The number of carbonyl (C=O) groups excluding carboxylic acids is 1. The predicted octanol–water partition coefficient (Wildman–Crippen LogP) is 2.86. The van der Waals surface area contributed by atoms with E-state index in [9.17, 15) is 4.79 Å². The molecule has 0 amide bonds. The van der Waals surface area contributed by atoms with Crippen LogP contribution in [0.4, 0.5) is 0 Å². The van der Waals surface area contributed by atoms with Gasteiger partial charge in [0.2, 0.25) is 0 Å². The normalized spacial score (nSPS) is 9.85. The van der Waals surface area contributed by atoms with Crippen molar-refractivity contribution in [3.63, 3.8) is 0 Å². The summed E-state index contributed by atoms with van der Waals surface area (Å²) in [6.45, 7) is 3.36. The number of benzene rings is 1. The molecule has 0 saturated heterocycles. The van der Waals surface area contributed by atoms with Crippen LogP contribution in [0.15, 0.2) is 12.1 Å². The first-order valence-electron chi connectivity index (χ1n) is 3.91. The summed E-state index contributed by atoms with van der Waals surface area (Å²) in [6.07, 6.45) is 0. The molecule has 1 rings (SSSR count). The van der Waals surface area contributed by atoms with Crippen molar-refractivity contribution in [1.82, 2.24) is 0 Å². The van der Waals surface area contributed by atoms with Gasteiger partial charge in [-0.05, 0) is 31.5 Å². The van der Waals surface area contributed by atoms with E-state index in [1.54, 1.807) is 12.1 Å². The first kappa shape index (κ1) is 10.1. The van der Waals surface area contributed by atoms with Crippen molar-refractivity contribution >= 4 is 17.4 Å². The molecule has 0 spiro atoms. The lowest BCUT2D eigenvalue weighted by atomic mass is 10.1. The van der Waals surface area contributed by atoms with Gasteiger partial charge in [0.25, 0.3) is 0 Å². The van der Waals surface area contributed by atoms with Crippen molar-refractivity contribution in [1.29, 1.82) is 0 Å². The Labute approximate surface area is 82.5 Å². The van der Waals surface area contributed by atoms with E-state index >= 15 is 0 Å². The fourth-order valence-electron chi connectivity index (χ4n) is 1.09. The number of carbonyl (C=O) groups is 1. The van der Waals surface area contributed by atoms with Crippen molar-refractivity contribution < 1.29 is 9.53 Å². The van der Waals surface area contributed by atoms with Crippen LogP contribution < -0.4 is 4.74 Å². The summed E-state index contributed by atoms with van der Waals surface area (Å²) in [5.41, 5.74) is 1.48. The van der Waals surface area contributed by atoms with Gasteiger partial charge >= 0.3 is 0 Å². The molecule has 0 unspecified atom stereocenters. The molecule has 3 heteroatoms. The Bertz CT molecular complexity index is 345. The molecule has 0 aliphatic carbocycles. The first-order valence-corrected chi connectivity index (χ1v) is 4.29. The molecule has 0 fully saturated rings. The van der Waals surface area contributed by atoms with Crippen molar-refractivity contribution in [2.24, 2.45) is 0 Å². The zero-order valence-electron chi connectivity index (χ0n) is 7.85. The molecule has 2 nitrogen and oxygen atoms in total. The zero-order valence-corrected chi connectivity index (χ0v) is 8.61. The molecule has 1 aromatic rings. The molecule has 0 N–H and O–H groups in total. The highest BCUT2D eigenvalue weighted by atomic mass is 35.5. The van der Waals surface area contributed by atoms with Gasteiger partial charge < -0.3 is 4.74 Å². The monoisotopic (exact) mass is 198 g/mol. The molecular weight excluding hydrogens is 188 g/mol. The number of hydrogen-bond donors (Lipinski definition) is 0. The number of Topliss-reactive ketones (excluding diaryl/α,β-unsaturated/α-hetero) is 1. The molecule has 0 heterocycles. The SMILES string of the molecule is COc1cc(C(C)=O)cc(C)c1Cl. The Morgan fingerprint density at radius 2 is 2.08 bits per heavy atom. The molecule has 0 aromatic heterocycles. The second-order valence-electron chi connectivity index (χ2n) is 2.87. The van der Waals surface area contributed by atoms with Gasteiger partial charge in [-0.15, -0.1) is 0 Å². The van der Waals surface area contributed by atoms with E-state index in [0.717, 1.165) is 5.56 Å². The highest BCUT2D eigenvalue weighted by molar-refractivity contribution is 6.33. The maximum atomic E-state index is 11.1. The minimum Gasteiger partial charge on any atom is -0.495 e. The van der Waals surface area contributed by atoms with Crippen LogP contribution in [0.3, 0.4) is 0 Å². The summed E-state index contributed by atoms with van der Waals surface area (Å²) >= 11 is 5.93. The van der Waals surface area contributed by atoms with Crippen molar-refractivity contribution in [2.45, 2.75) is 13.8 Å². The molecule has 0 atom stereocenters. The molecule has 0 bridgehead atoms. The number of ether oxygens (including phenoxy) is 1. The average molecular weight is 199 g/mol. The molecule has 1 aromatic carbocycles. The Balaban J connectivity index is 3.30. The average Bonchev–Trinajstić information content (AvgIpc) is 2.09. The molecule has 0 radical (unpaired) electrons. The van der Waals surface area contributed by atoms with Crippen LogP contribution in [0.5, 0.6) is 5.75 Å². The number of ketones is 1. The number of halogens is 1. The van der Waals surface area contributed by atoms with Gasteiger partial charge in [-0.2, -0.15) is 0 Å². The van der Waals surface area contributed by atoms with Crippen LogP contribution in [0.1, 0.15) is 22.8 Å². The second kappa shape index (κ2) is 3.79. The third-order valence-corrected chi connectivity index (χ3v) is 2.33. The maximum absolute atomic E-state index is 11.1. The lowest BCUT2D eigenvalue weighted by Crippen LogP contribution is -1.95. The molecule has 0 aliphatic rings. The van der Waals surface area contributed by atoms with Gasteiger partial charge in [-0.3, -0.25) is 4.79 Å². The third-order valence-electron chi connectivity index (χ3n) is 1.85. The molecule has 70 valence electrons. The van der Waals surface area contributed by atoms with E-state index < -0.39 is 0 Å². The van der Waals surface area contributed by atoms with Gasteiger partial charge in [0.15, 0.2) is 5.78 Å². The van der Waals surface area contributed by atoms with Crippen LogP contribution in [0.25, 0.3) is 0 Å². The smallest absolute Gasteiger partial charge is 0.159 e. The van der Waals surface area contributed by atoms with E-state index in [2.05, 4.69) is 0 Å². The van der Waals surface area contributed by atoms with Gasteiger partial charge in [-0.1, -0.05) is 11.6 Å². The van der Waals surface area contributed by atoms with Gasteiger partial charge in [0.1, 0.15) is 5.75 Å². The van der Waals surface area contributed by atoms with Crippen LogP contribution >= 0.6 is 11.6 Å². The maximum Gasteiger partial charge on any atom is 0.159 e. The van der Waals surface area contributed by atoms with Crippen LogP contribution in [0.2, 0.25) is 5.02 Å². The second-order valence-corrected chi connectivity index (χ2v) is 3.24. The zero-order chi connectivity index (χ0) is 10.0. The Morgan fingerprint density at radius 1 is 1.46 bits per heavy atom. The highest BCUT2D eigenvalue weighted by Gasteiger charge is 2.08. The van der Waals surface area contributed by atoms with E-state index in [4.69, 9.17) is 16.3 Å². The summed E-state index contributed by atoms with van der Waals surface area (Å²) in [5, 5.41) is 0.563. The highest BCUT2D eigenvalue weighted by Crippen LogP contribution is 2.29. The Hall–Kier alpha value is -1.02. The summed E-state index contributed by atoms with van der Waals surface area (Å²) < 4.78 is 5.03. The minimum atomic E-state index is 0.0121. The molecule has 0 aliphatic heterocycles. The van der Waals surface area contributed by atoms with E-state index in [-0.39, 0.29) is 5.78 Å². The molecular formula is C10H11ClO2. The summed E-state index contributed by atoms with van der Waals surface area (Å²) in [7, 11) is 1.53. The molecule has 13 heavy (non-hydrogen) atoms. The standard InChI is InChI=1S/C10H11ClO2/c1-6-4-8(7(2)12)5-9(13-3)10(6)11/h4-5H,1-3H3. The number of methoxy groups -OCH3 is 1. The van der Waals surface area contributed by atoms with Crippen LogP contribution in [-0.4, -0.2) is 12.9 Å². The quantitative estimate of drug-likeness (QED) is 0.684. The van der Waals surface area contributed by atoms with E-state index in [1.165, 1.54) is 14.0 Å². The van der Waals surface area contributed by atoms with Gasteiger partial charge in [-0.25, -0.2) is 0 Å². The lowest BCUT2D eigenvalue weighted by molar-refractivity contribution is 0.101. The minimum absolute atomic E-state index is 0.0121. The van der Waals surface area contributed by atoms with Crippen molar-refractivity contribution in [3.8, 4) is 5.75 Å². The third kappa shape index (κ3) is 2.01. The Morgan fingerprint density at radius 3 is 2.54 bits per heavy atom. The Kier molecular flexibility index (Phi) is 2.94. The fraction of sp³-hybridized carbons (Fsp3) is 0.300. The van der Waals surface area contributed by atoms with Crippen molar-refractivity contribution in [3.05, 3.63) is 28.3 Å². The van der Waals surface area contributed by atoms with Crippen LogP contribution in [-0.2, 0) is 0 Å². The fourth-order valence-corrected chi connectivity index (χ4v) is 1.28. The first-order chi connectivity index (χ1) is 6.06. The number of rotatable bonds is 2. The lowest BCUT2D eigenvalue weighted by Gasteiger charge is -2.07. The summed E-state index contributed by atoms with van der Waals surface area (Å²) in [5.74, 6) is 0.560. The summed E-state index contributed by atoms with van der Waals surface area (Å²) in [6, 6.07) is 3.41. The van der Waals surface area contributed by atoms with Gasteiger partial charge in [0, 0.05) is 5.56 Å². The largest absolute Gasteiger partial charge is 0.495 e. The number of hydrogen-bond acceptors (Lipinski definition) is 2. The van der Waals surface area contributed by atoms with Gasteiger partial charge in [0.05, 0.1) is 12.1 Å². The number of aryl methyl sites for hydroxylation is 1.